The lowest BCUT2D eigenvalue weighted by Crippen LogP contribution is -2.41. The average molecular weight is 329 g/mol. The zero-order chi connectivity index (χ0) is 16.8. The van der Waals surface area contributed by atoms with Crippen molar-refractivity contribution in [3.8, 4) is 11.3 Å². The molecule has 1 unspecified atom stereocenters. The lowest BCUT2D eigenvalue weighted by Gasteiger charge is -2.09. The first-order chi connectivity index (χ1) is 11.7. The first kappa shape index (κ1) is 16.2. The summed E-state index contributed by atoms with van der Waals surface area (Å²) in [6.45, 7) is 0.763. The molecular weight excluding hydrogens is 310 g/mol. The molecule has 2 heterocycles. The van der Waals surface area contributed by atoms with E-state index in [4.69, 9.17) is 9.26 Å². The van der Waals surface area contributed by atoms with Crippen LogP contribution in [0.1, 0.15) is 36.2 Å². The molecule has 0 saturated carbocycles. The number of hydrazine groups is 1. The number of nitrogens with zero attached hydrogens (tertiary/aromatic N) is 1. The zero-order valence-corrected chi connectivity index (χ0v) is 13.2. The van der Waals surface area contributed by atoms with Gasteiger partial charge >= 0.3 is 0 Å². The van der Waals surface area contributed by atoms with Crippen molar-refractivity contribution in [2.75, 3.05) is 6.61 Å². The molecule has 126 valence electrons. The number of benzene rings is 1. The van der Waals surface area contributed by atoms with Crippen LogP contribution >= 0.6 is 0 Å². The summed E-state index contributed by atoms with van der Waals surface area (Å²) in [6, 6.07) is 10.9. The van der Waals surface area contributed by atoms with E-state index in [1.54, 1.807) is 0 Å². The Balaban J connectivity index is 1.46. The molecule has 7 heteroatoms. The van der Waals surface area contributed by atoms with Crippen LogP contribution in [0, 0.1) is 0 Å². The third-order valence-electron chi connectivity index (χ3n) is 3.83. The maximum atomic E-state index is 12.0. The second-order valence-corrected chi connectivity index (χ2v) is 5.62. The van der Waals surface area contributed by atoms with Crippen molar-refractivity contribution in [2.45, 2.75) is 31.8 Å². The molecule has 0 bridgehead atoms. The van der Waals surface area contributed by atoms with E-state index in [-0.39, 0.29) is 17.7 Å². The van der Waals surface area contributed by atoms with Crippen molar-refractivity contribution in [3.63, 3.8) is 0 Å². The Hall–Kier alpha value is -2.67. The molecule has 2 aromatic rings. The number of hydrogen-bond acceptors (Lipinski definition) is 5. The smallest absolute Gasteiger partial charge is 0.291 e. The number of ether oxygens (including phenoxy) is 1. The molecule has 1 fully saturated rings. The number of nitrogens with one attached hydrogen (secondary N) is 2. The van der Waals surface area contributed by atoms with Crippen LogP contribution in [0.2, 0.25) is 0 Å². The summed E-state index contributed by atoms with van der Waals surface area (Å²) >= 11 is 0. The van der Waals surface area contributed by atoms with Gasteiger partial charge in [-0.3, -0.25) is 20.4 Å². The Morgan fingerprint density at radius 2 is 2.04 bits per heavy atom. The largest absolute Gasteiger partial charge is 0.378 e. The molecule has 1 atom stereocenters. The van der Waals surface area contributed by atoms with Crippen LogP contribution in [-0.4, -0.2) is 29.7 Å². The molecule has 2 N–H and O–H groups in total. The van der Waals surface area contributed by atoms with Gasteiger partial charge < -0.3 is 9.26 Å². The van der Waals surface area contributed by atoms with E-state index in [0.29, 0.717) is 18.6 Å². The van der Waals surface area contributed by atoms with Crippen molar-refractivity contribution in [1.82, 2.24) is 16.0 Å². The van der Waals surface area contributed by atoms with Gasteiger partial charge in [0, 0.05) is 24.7 Å². The minimum Gasteiger partial charge on any atom is -0.378 e. The van der Waals surface area contributed by atoms with E-state index in [0.717, 1.165) is 25.0 Å². The molecule has 1 aromatic heterocycles. The van der Waals surface area contributed by atoms with Gasteiger partial charge in [0.15, 0.2) is 11.5 Å². The van der Waals surface area contributed by atoms with Gasteiger partial charge in [-0.15, -0.1) is 0 Å². The molecule has 1 aromatic carbocycles. The van der Waals surface area contributed by atoms with E-state index in [9.17, 15) is 9.59 Å². The minimum absolute atomic E-state index is 0.105. The van der Waals surface area contributed by atoms with Gasteiger partial charge in [-0.2, -0.15) is 0 Å². The molecule has 7 nitrogen and oxygen atoms in total. The molecule has 1 aliphatic rings. The van der Waals surface area contributed by atoms with Gasteiger partial charge in [-0.25, -0.2) is 0 Å². The molecule has 1 aliphatic heterocycles. The summed E-state index contributed by atoms with van der Waals surface area (Å²) < 4.78 is 10.6. The summed E-state index contributed by atoms with van der Waals surface area (Å²) in [6.07, 6.45) is 3.14. The number of hydrogen-bond donors (Lipinski definition) is 2. The Bertz CT molecular complexity index is 693. The highest BCUT2D eigenvalue weighted by Gasteiger charge is 2.18. The Morgan fingerprint density at radius 1 is 1.21 bits per heavy atom. The van der Waals surface area contributed by atoms with Gasteiger partial charge in [-0.1, -0.05) is 35.5 Å². The number of carbonyl (C=O) groups excluding carboxylic acids is 2. The highest BCUT2D eigenvalue weighted by molar-refractivity contribution is 5.94. The maximum absolute atomic E-state index is 12.0. The van der Waals surface area contributed by atoms with Crippen LogP contribution in [0.3, 0.4) is 0 Å². The lowest BCUT2D eigenvalue weighted by molar-refractivity contribution is -0.122. The summed E-state index contributed by atoms with van der Waals surface area (Å²) in [4.78, 5) is 23.7. The molecule has 1 saturated heterocycles. The van der Waals surface area contributed by atoms with Crippen LogP contribution in [0.5, 0.6) is 0 Å². The number of rotatable bonds is 5. The monoisotopic (exact) mass is 329 g/mol. The molecule has 0 radical (unpaired) electrons. The summed E-state index contributed by atoms with van der Waals surface area (Å²) in [5, 5.41) is 3.72. The third-order valence-corrected chi connectivity index (χ3v) is 3.83. The van der Waals surface area contributed by atoms with Gasteiger partial charge in [0.1, 0.15) is 0 Å². The fourth-order valence-corrected chi connectivity index (χ4v) is 2.54. The van der Waals surface area contributed by atoms with Crippen LogP contribution in [0.25, 0.3) is 11.3 Å². The number of amides is 2. The average Bonchev–Trinajstić information content (AvgIpc) is 3.30. The van der Waals surface area contributed by atoms with Crippen LogP contribution in [0.15, 0.2) is 40.9 Å². The summed E-state index contributed by atoms with van der Waals surface area (Å²) in [5.74, 6) is -0.289. The lowest BCUT2D eigenvalue weighted by atomic mass is 10.1. The molecule has 2 amide bonds. The number of carbonyl (C=O) groups is 2. The van der Waals surface area contributed by atoms with Crippen molar-refractivity contribution in [1.29, 1.82) is 0 Å². The topological polar surface area (TPSA) is 93.5 Å². The molecular formula is C17H19N3O4. The van der Waals surface area contributed by atoms with Gasteiger partial charge in [0.2, 0.25) is 5.91 Å². The SMILES string of the molecule is O=C(CCC1CCCO1)NNC(=O)c1cc(-c2ccccc2)on1. The Kier molecular flexibility index (Phi) is 5.22. The van der Waals surface area contributed by atoms with Crippen molar-refractivity contribution in [2.24, 2.45) is 0 Å². The number of aromatic nitrogens is 1. The molecule has 24 heavy (non-hydrogen) atoms. The van der Waals surface area contributed by atoms with Crippen LogP contribution < -0.4 is 10.9 Å². The van der Waals surface area contributed by atoms with E-state index in [2.05, 4.69) is 16.0 Å². The van der Waals surface area contributed by atoms with E-state index >= 15 is 0 Å². The quantitative estimate of drug-likeness (QED) is 0.819. The predicted molar refractivity (Wildman–Crippen MR) is 85.8 cm³/mol. The van der Waals surface area contributed by atoms with E-state index in [1.165, 1.54) is 6.07 Å². The van der Waals surface area contributed by atoms with Gasteiger partial charge in [0.25, 0.3) is 5.91 Å². The van der Waals surface area contributed by atoms with Crippen LogP contribution in [0.4, 0.5) is 0 Å². The molecule has 0 aliphatic carbocycles. The molecule has 3 rings (SSSR count). The van der Waals surface area contributed by atoms with Crippen molar-refractivity contribution >= 4 is 11.8 Å². The summed E-state index contributed by atoms with van der Waals surface area (Å²) in [5.41, 5.74) is 5.64. The normalized spacial score (nSPS) is 16.8. The fraction of sp³-hybridized carbons (Fsp3) is 0.353. The second kappa shape index (κ2) is 7.74. The predicted octanol–water partition coefficient (Wildman–Crippen LogP) is 2.06. The Labute approximate surface area is 139 Å². The standard InChI is InChI=1S/C17H19N3O4/c21-16(9-8-13-7-4-10-23-13)18-19-17(22)14-11-15(24-20-14)12-5-2-1-3-6-12/h1-3,5-6,11,13H,4,7-10H2,(H,18,21)(H,19,22). The summed E-state index contributed by atoms with van der Waals surface area (Å²) in [7, 11) is 0. The van der Waals surface area contributed by atoms with Crippen LogP contribution in [-0.2, 0) is 9.53 Å². The minimum atomic E-state index is -0.522. The highest BCUT2D eigenvalue weighted by atomic mass is 16.5. The van der Waals surface area contributed by atoms with Crippen molar-refractivity contribution in [3.05, 3.63) is 42.1 Å². The molecule has 0 spiro atoms. The van der Waals surface area contributed by atoms with E-state index in [1.807, 2.05) is 30.3 Å². The maximum Gasteiger partial charge on any atom is 0.291 e. The van der Waals surface area contributed by atoms with E-state index < -0.39 is 5.91 Å². The Morgan fingerprint density at radius 3 is 2.79 bits per heavy atom. The second-order valence-electron chi connectivity index (χ2n) is 5.62. The highest BCUT2D eigenvalue weighted by Crippen LogP contribution is 2.19. The first-order valence-electron chi connectivity index (χ1n) is 7.95. The third kappa shape index (κ3) is 4.20. The van der Waals surface area contributed by atoms with Crippen molar-refractivity contribution < 1.29 is 18.8 Å². The van der Waals surface area contributed by atoms with Gasteiger partial charge in [0.05, 0.1) is 6.10 Å². The fourth-order valence-electron chi connectivity index (χ4n) is 2.54. The van der Waals surface area contributed by atoms with Gasteiger partial charge in [-0.05, 0) is 19.3 Å². The first-order valence-corrected chi connectivity index (χ1v) is 7.95. The zero-order valence-electron chi connectivity index (χ0n) is 13.2.